The van der Waals surface area contributed by atoms with Crippen LogP contribution in [0, 0.1) is 0 Å². The molecule has 0 spiro atoms. The van der Waals surface area contributed by atoms with Crippen molar-refractivity contribution >= 4 is 11.6 Å². The topological polar surface area (TPSA) is 63.2 Å². The summed E-state index contributed by atoms with van der Waals surface area (Å²) in [4.78, 5) is 16.4. The van der Waals surface area contributed by atoms with Crippen LogP contribution in [0.5, 0.6) is 5.75 Å². The van der Waals surface area contributed by atoms with Crippen LogP contribution in [0.1, 0.15) is 51.4 Å². The minimum Gasteiger partial charge on any atom is -0.496 e. The summed E-state index contributed by atoms with van der Waals surface area (Å²) in [6.07, 6.45) is 7.05. The van der Waals surface area contributed by atoms with Crippen LogP contribution in [-0.2, 0) is 12.8 Å². The summed E-state index contributed by atoms with van der Waals surface area (Å²) in [6, 6.07) is 1.94. The van der Waals surface area contributed by atoms with E-state index >= 15 is 0 Å². The van der Waals surface area contributed by atoms with Gasteiger partial charge in [-0.15, -0.1) is 0 Å². The van der Waals surface area contributed by atoms with Gasteiger partial charge in [0.1, 0.15) is 17.4 Å². The minimum absolute atomic E-state index is 0.767. The van der Waals surface area contributed by atoms with Gasteiger partial charge in [0.05, 0.1) is 29.8 Å². The van der Waals surface area contributed by atoms with Crippen molar-refractivity contribution in [3.63, 3.8) is 0 Å². The SMILES string of the molecule is CCCCCNc1nc(CC)c(-c2cnc(N(C)C)cc2OC)nc1CC. The van der Waals surface area contributed by atoms with Gasteiger partial charge in [-0.05, 0) is 19.3 Å². The van der Waals surface area contributed by atoms with E-state index in [-0.39, 0.29) is 0 Å². The largest absolute Gasteiger partial charge is 0.496 e. The number of hydrogen-bond donors (Lipinski definition) is 1. The maximum absolute atomic E-state index is 5.64. The Morgan fingerprint density at radius 2 is 1.78 bits per heavy atom. The van der Waals surface area contributed by atoms with Gasteiger partial charge in [-0.25, -0.2) is 15.0 Å². The third-order valence-electron chi connectivity index (χ3n) is 4.57. The number of methoxy groups -OCH3 is 1. The molecule has 0 fully saturated rings. The summed E-state index contributed by atoms with van der Waals surface area (Å²) in [6.45, 7) is 7.36. The van der Waals surface area contributed by atoms with Crippen LogP contribution in [0.25, 0.3) is 11.3 Å². The average Bonchev–Trinajstić information content (AvgIpc) is 2.70. The van der Waals surface area contributed by atoms with Gasteiger partial charge in [-0.1, -0.05) is 33.6 Å². The standard InChI is InChI=1S/C21H33N5O/c1-7-10-11-12-22-21-17(9-3)24-20(16(8-2)25-21)15-14-23-19(26(4)5)13-18(15)27-6/h13-14H,7-12H2,1-6H3,(H,22,25). The number of hydrogen-bond acceptors (Lipinski definition) is 6. The number of pyridine rings is 1. The van der Waals surface area contributed by atoms with E-state index in [1.54, 1.807) is 7.11 Å². The van der Waals surface area contributed by atoms with Crippen LogP contribution >= 0.6 is 0 Å². The Morgan fingerprint density at radius 1 is 1.04 bits per heavy atom. The van der Waals surface area contributed by atoms with E-state index in [4.69, 9.17) is 14.7 Å². The molecule has 2 rings (SSSR count). The highest BCUT2D eigenvalue weighted by atomic mass is 16.5. The zero-order chi connectivity index (χ0) is 19.8. The predicted octanol–water partition coefficient (Wildman–Crippen LogP) is 4.34. The summed E-state index contributed by atoms with van der Waals surface area (Å²) in [5.74, 6) is 2.53. The molecule has 0 unspecified atom stereocenters. The Labute approximate surface area is 163 Å². The molecule has 0 aromatic carbocycles. The number of nitrogens with one attached hydrogen (secondary N) is 1. The quantitative estimate of drug-likeness (QED) is 0.627. The Kier molecular flexibility index (Phi) is 7.82. The van der Waals surface area contributed by atoms with Crippen molar-refractivity contribution in [1.82, 2.24) is 15.0 Å². The van der Waals surface area contributed by atoms with Gasteiger partial charge in [-0.2, -0.15) is 0 Å². The lowest BCUT2D eigenvalue weighted by molar-refractivity contribution is 0.415. The van der Waals surface area contributed by atoms with E-state index in [0.29, 0.717) is 0 Å². The molecule has 2 aromatic rings. The fourth-order valence-corrected chi connectivity index (χ4v) is 2.95. The van der Waals surface area contributed by atoms with Crippen molar-refractivity contribution in [3.8, 4) is 17.0 Å². The Bertz CT molecular complexity index is 746. The molecule has 6 nitrogen and oxygen atoms in total. The second-order valence-corrected chi connectivity index (χ2v) is 6.79. The third-order valence-corrected chi connectivity index (χ3v) is 4.57. The lowest BCUT2D eigenvalue weighted by atomic mass is 10.1. The molecule has 0 aliphatic carbocycles. The summed E-state index contributed by atoms with van der Waals surface area (Å²) in [5, 5.41) is 3.48. The van der Waals surface area contributed by atoms with Crippen molar-refractivity contribution in [2.45, 2.75) is 52.9 Å². The highest BCUT2D eigenvalue weighted by molar-refractivity contribution is 5.71. The Hall–Kier alpha value is -2.37. The van der Waals surface area contributed by atoms with Gasteiger partial charge in [-0.3, -0.25) is 0 Å². The van der Waals surface area contributed by atoms with Gasteiger partial charge in [0, 0.05) is 32.9 Å². The van der Waals surface area contributed by atoms with E-state index in [1.807, 2.05) is 31.3 Å². The highest BCUT2D eigenvalue weighted by Crippen LogP contribution is 2.33. The van der Waals surface area contributed by atoms with Crippen LogP contribution < -0.4 is 15.0 Å². The van der Waals surface area contributed by atoms with Crippen molar-refractivity contribution in [2.24, 2.45) is 0 Å². The molecule has 0 aliphatic rings. The van der Waals surface area contributed by atoms with Crippen LogP contribution in [0.15, 0.2) is 12.3 Å². The second kappa shape index (κ2) is 10.1. The number of rotatable bonds is 10. The van der Waals surface area contributed by atoms with Crippen LogP contribution in [0.4, 0.5) is 11.6 Å². The molecule has 6 heteroatoms. The molecule has 2 heterocycles. The number of aryl methyl sites for hydroxylation is 2. The van der Waals surface area contributed by atoms with E-state index in [0.717, 1.165) is 65.8 Å². The lowest BCUT2D eigenvalue weighted by Gasteiger charge is -2.18. The van der Waals surface area contributed by atoms with Gasteiger partial charge in [0.2, 0.25) is 0 Å². The summed E-state index contributed by atoms with van der Waals surface area (Å²) in [7, 11) is 5.61. The predicted molar refractivity (Wildman–Crippen MR) is 113 cm³/mol. The van der Waals surface area contributed by atoms with Gasteiger partial charge in [0.15, 0.2) is 0 Å². The van der Waals surface area contributed by atoms with Crippen LogP contribution in [-0.4, -0.2) is 42.7 Å². The van der Waals surface area contributed by atoms with Crippen LogP contribution in [0.3, 0.4) is 0 Å². The molecule has 0 saturated carbocycles. The normalized spacial score (nSPS) is 10.7. The molecule has 148 valence electrons. The monoisotopic (exact) mass is 371 g/mol. The first-order chi connectivity index (χ1) is 13.0. The fraction of sp³-hybridized carbons (Fsp3) is 0.571. The summed E-state index contributed by atoms with van der Waals surface area (Å²) >= 11 is 0. The maximum atomic E-state index is 5.64. The van der Waals surface area contributed by atoms with E-state index in [1.165, 1.54) is 12.8 Å². The third kappa shape index (κ3) is 5.08. The van der Waals surface area contributed by atoms with E-state index < -0.39 is 0 Å². The molecule has 1 N–H and O–H groups in total. The Morgan fingerprint density at radius 3 is 2.37 bits per heavy atom. The van der Waals surface area contributed by atoms with E-state index in [2.05, 4.69) is 31.1 Å². The number of aromatic nitrogens is 3. The molecule has 2 aromatic heterocycles. The minimum atomic E-state index is 0.767. The molecule has 0 atom stereocenters. The van der Waals surface area contributed by atoms with Crippen LogP contribution in [0.2, 0.25) is 0 Å². The zero-order valence-electron chi connectivity index (χ0n) is 17.6. The van der Waals surface area contributed by atoms with Gasteiger partial charge < -0.3 is 15.0 Å². The van der Waals surface area contributed by atoms with Gasteiger partial charge >= 0.3 is 0 Å². The molecular weight excluding hydrogens is 338 g/mol. The molecule has 0 aliphatic heterocycles. The second-order valence-electron chi connectivity index (χ2n) is 6.79. The fourth-order valence-electron chi connectivity index (χ4n) is 2.95. The lowest BCUT2D eigenvalue weighted by Crippen LogP contribution is -2.12. The first-order valence-electron chi connectivity index (χ1n) is 9.90. The molecule has 0 saturated heterocycles. The molecule has 0 bridgehead atoms. The first kappa shape index (κ1) is 20.9. The molecule has 27 heavy (non-hydrogen) atoms. The highest BCUT2D eigenvalue weighted by Gasteiger charge is 2.18. The average molecular weight is 372 g/mol. The molecular formula is C21H33N5O. The van der Waals surface area contributed by atoms with Crippen molar-refractivity contribution in [1.29, 1.82) is 0 Å². The Balaban J connectivity index is 2.44. The zero-order valence-corrected chi connectivity index (χ0v) is 17.6. The number of nitrogens with zero attached hydrogens (tertiary/aromatic N) is 4. The number of ether oxygens (including phenoxy) is 1. The maximum Gasteiger partial charge on any atom is 0.148 e. The molecule has 0 amide bonds. The summed E-state index contributed by atoms with van der Waals surface area (Å²) < 4.78 is 5.64. The first-order valence-corrected chi connectivity index (χ1v) is 9.90. The number of unbranched alkanes of at least 4 members (excludes halogenated alkanes) is 2. The number of anilines is 2. The molecule has 0 radical (unpaired) electrons. The van der Waals surface area contributed by atoms with Crippen molar-refractivity contribution < 1.29 is 4.74 Å². The summed E-state index contributed by atoms with van der Waals surface area (Å²) in [5.41, 5.74) is 3.70. The smallest absolute Gasteiger partial charge is 0.148 e. The van der Waals surface area contributed by atoms with E-state index in [9.17, 15) is 0 Å². The van der Waals surface area contributed by atoms with Gasteiger partial charge in [0.25, 0.3) is 0 Å². The van der Waals surface area contributed by atoms with Crippen molar-refractivity contribution in [3.05, 3.63) is 23.7 Å². The van der Waals surface area contributed by atoms with Crippen molar-refractivity contribution in [2.75, 3.05) is 38.0 Å².